The first kappa shape index (κ1) is 29.6. The molecule has 2 aliphatic heterocycles. The predicted molar refractivity (Wildman–Crippen MR) is 163 cm³/mol. The van der Waals surface area contributed by atoms with Gasteiger partial charge >= 0.3 is 0 Å². The number of benzene rings is 2. The second-order valence-electron chi connectivity index (χ2n) is 11.0. The van der Waals surface area contributed by atoms with E-state index in [0.29, 0.717) is 46.2 Å². The first-order valence-electron chi connectivity index (χ1n) is 14.1. The van der Waals surface area contributed by atoms with Gasteiger partial charge < -0.3 is 20.7 Å². The van der Waals surface area contributed by atoms with Gasteiger partial charge in [-0.05, 0) is 103 Å². The van der Waals surface area contributed by atoms with Gasteiger partial charge in [-0.1, -0.05) is 23.2 Å². The summed E-state index contributed by atoms with van der Waals surface area (Å²) in [5, 5.41) is 4.08. The summed E-state index contributed by atoms with van der Waals surface area (Å²) in [6.45, 7) is 5.90. The fourth-order valence-electron chi connectivity index (χ4n) is 5.48. The molecule has 0 bridgehead atoms. The van der Waals surface area contributed by atoms with Crippen LogP contribution in [0.2, 0.25) is 10.0 Å². The minimum atomic E-state index is -1.06. The maximum Gasteiger partial charge on any atom is 0.216 e. The first-order valence-corrected chi connectivity index (χ1v) is 14.8. The zero-order chi connectivity index (χ0) is 28.9. The molecule has 3 aromatic rings. The van der Waals surface area contributed by atoms with Crippen molar-refractivity contribution in [3.05, 3.63) is 70.3 Å². The van der Waals surface area contributed by atoms with Crippen LogP contribution in [0.5, 0.6) is 11.5 Å². The molecule has 5 rings (SSSR count). The number of pyridine rings is 1. The number of carbonyl (C=O) groups is 1. The number of anilines is 1. The maximum atomic E-state index is 14.1. The number of aromatic nitrogens is 1. The van der Waals surface area contributed by atoms with Crippen molar-refractivity contribution >= 4 is 34.9 Å². The minimum Gasteiger partial charge on any atom is -0.456 e. The Morgan fingerprint density at radius 3 is 2.41 bits per heavy atom. The largest absolute Gasteiger partial charge is 0.456 e. The van der Waals surface area contributed by atoms with E-state index in [9.17, 15) is 9.18 Å². The van der Waals surface area contributed by atoms with Gasteiger partial charge in [-0.3, -0.25) is 9.69 Å². The number of halogens is 3. The normalized spacial score (nSPS) is 20.2. The third-order valence-corrected chi connectivity index (χ3v) is 8.22. The molecule has 3 N–H and O–H groups in total. The number of nitrogens with zero attached hydrogens (tertiary/aromatic N) is 3. The molecule has 2 aliphatic rings. The van der Waals surface area contributed by atoms with E-state index in [-0.39, 0.29) is 12.5 Å². The second kappa shape index (κ2) is 13.4. The summed E-state index contributed by atoms with van der Waals surface area (Å²) in [6, 6.07) is 15.0. The van der Waals surface area contributed by atoms with Crippen LogP contribution >= 0.6 is 23.2 Å². The molecule has 0 radical (unpaired) electrons. The molecule has 2 saturated heterocycles. The van der Waals surface area contributed by atoms with Gasteiger partial charge in [0.05, 0.1) is 12.7 Å². The maximum absolute atomic E-state index is 14.1. The summed E-state index contributed by atoms with van der Waals surface area (Å²) in [7, 11) is 0. The first-order chi connectivity index (χ1) is 19.7. The molecule has 41 heavy (non-hydrogen) atoms. The van der Waals surface area contributed by atoms with E-state index in [1.807, 2.05) is 41.3 Å². The van der Waals surface area contributed by atoms with E-state index in [1.165, 1.54) is 0 Å². The molecule has 2 fully saturated rings. The van der Waals surface area contributed by atoms with Crippen LogP contribution in [0.25, 0.3) is 11.1 Å². The summed E-state index contributed by atoms with van der Waals surface area (Å²) in [5.74, 6) is 2.49. The van der Waals surface area contributed by atoms with Gasteiger partial charge in [-0.25, -0.2) is 9.37 Å². The Balaban J connectivity index is 1.33. The molecule has 2 atom stereocenters. The van der Waals surface area contributed by atoms with Crippen molar-refractivity contribution in [3.8, 4) is 22.6 Å². The fourth-order valence-corrected chi connectivity index (χ4v) is 6.01. The van der Waals surface area contributed by atoms with Crippen LogP contribution in [0, 0.1) is 5.92 Å². The number of hydrogen-bond donors (Lipinski definition) is 2. The van der Waals surface area contributed by atoms with Crippen LogP contribution in [-0.4, -0.2) is 60.7 Å². The van der Waals surface area contributed by atoms with Gasteiger partial charge in [0, 0.05) is 42.6 Å². The Morgan fingerprint density at radius 2 is 1.76 bits per heavy atom. The highest BCUT2D eigenvalue weighted by molar-refractivity contribution is 6.35. The number of likely N-dealkylation sites (tertiary alicyclic amines) is 1. The molecule has 2 aromatic carbocycles. The van der Waals surface area contributed by atoms with E-state index in [2.05, 4.69) is 21.3 Å². The number of piperidine rings is 2. The number of amides is 1. The van der Waals surface area contributed by atoms with Crippen LogP contribution in [-0.2, 0) is 11.3 Å². The van der Waals surface area contributed by atoms with Crippen molar-refractivity contribution < 1.29 is 13.9 Å². The van der Waals surface area contributed by atoms with Crippen molar-refractivity contribution in [1.29, 1.82) is 0 Å². The molecule has 1 unspecified atom stereocenters. The van der Waals surface area contributed by atoms with E-state index in [4.69, 9.17) is 33.7 Å². The highest BCUT2D eigenvalue weighted by atomic mass is 35.5. The summed E-state index contributed by atoms with van der Waals surface area (Å²) < 4.78 is 20.4. The zero-order valence-electron chi connectivity index (χ0n) is 23.2. The van der Waals surface area contributed by atoms with Crippen molar-refractivity contribution in [2.24, 2.45) is 11.7 Å². The topological polar surface area (TPSA) is 83.7 Å². The summed E-state index contributed by atoms with van der Waals surface area (Å²) >= 11 is 12.7. The van der Waals surface area contributed by atoms with E-state index >= 15 is 0 Å². The molecular formula is C31H36Cl2FN5O2. The van der Waals surface area contributed by atoms with Gasteiger partial charge in [-0.15, -0.1) is 0 Å². The quantitative estimate of drug-likeness (QED) is 0.327. The lowest BCUT2D eigenvalue weighted by Crippen LogP contribution is -2.48. The van der Waals surface area contributed by atoms with Gasteiger partial charge in [0.1, 0.15) is 23.5 Å². The Labute approximate surface area is 250 Å². The number of nitrogens with two attached hydrogens (primary N) is 1. The number of carbonyl (C=O) groups excluding carboxylic acids is 1. The highest BCUT2D eigenvalue weighted by Crippen LogP contribution is 2.33. The molecule has 0 spiro atoms. The van der Waals surface area contributed by atoms with Crippen LogP contribution in [0.3, 0.4) is 0 Å². The van der Waals surface area contributed by atoms with Crippen molar-refractivity contribution in [1.82, 2.24) is 15.2 Å². The van der Waals surface area contributed by atoms with E-state index in [0.717, 1.165) is 55.7 Å². The van der Waals surface area contributed by atoms with Crippen LogP contribution < -0.4 is 20.7 Å². The monoisotopic (exact) mass is 599 g/mol. The standard InChI is InChI=1S/C31H36Cl2FN5O2/c1-20(40)36-16-21-4-7-38(8-5-21)18-22-10-23(24-12-25(32)15-26(33)13-24)14-28(11-22)41-27-2-3-31(37-17-27)39-9-6-30(35)29(34)19-39/h2-3,10-15,17,21,29-30H,4-9,16,18-19,35H2,1H3,(H,36,40)/t29-,30?/m1/s1. The average molecular weight is 601 g/mol. The van der Waals surface area contributed by atoms with E-state index in [1.54, 1.807) is 19.2 Å². The molecule has 1 amide bonds. The number of alkyl halides is 1. The van der Waals surface area contributed by atoms with Gasteiger partial charge in [0.15, 0.2) is 0 Å². The Morgan fingerprint density at radius 1 is 1.02 bits per heavy atom. The smallest absolute Gasteiger partial charge is 0.216 e. The predicted octanol–water partition coefficient (Wildman–Crippen LogP) is 6.07. The third-order valence-electron chi connectivity index (χ3n) is 7.79. The van der Waals surface area contributed by atoms with E-state index < -0.39 is 12.2 Å². The number of nitrogens with one attached hydrogen (secondary N) is 1. The van der Waals surface area contributed by atoms with Crippen molar-refractivity contribution in [3.63, 3.8) is 0 Å². The van der Waals surface area contributed by atoms with Crippen molar-refractivity contribution in [2.75, 3.05) is 37.6 Å². The third kappa shape index (κ3) is 8.10. The fraction of sp³-hybridized carbons (Fsp3) is 0.419. The number of hydrogen-bond acceptors (Lipinski definition) is 6. The Bertz CT molecular complexity index is 1330. The minimum absolute atomic E-state index is 0.0207. The van der Waals surface area contributed by atoms with Gasteiger partial charge in [-0.2, -0.15) is 0 Å². The zero-order valence-corrected chi connectivity index (χ0v) is 24.7. The lowest BCUT2D eigenvalue weighted by Gasteiger charge is -2.33. The lowest BCUT2D eigenvalue weighted by atomic mass is 9.96. The van der Waals surface area contributed by atoms with Gasteiger partial charge in [0.25, 0.3) is 0 Å². The molecule has 3 heterocycles. The Hall–Kier alpha value is -2.91. The molecule has 1 aromatic heterocycles. The van der Waals surface area contributed by atoms with Crippen LogP contribution in [0.4, 0.5) is 10.2 Å². The van der Waals surface area contributed by atoms with Gasteiger partial charge in [0.2, 0.25) is 5.91 Å². The number of rotatable bonds is 8. The highest BCUT2D eigenvalue weighted by Gasteiger charge is 2.27. The van der Waals surface area contributed by atoms with Crippen LogP contribution in [0.15, 0.2) is 54.7 Å². The summed E-state index contributed by atoms with van der Waals surface area (Å²) in [4.78, 5) is 20.2. The Kier molecular flexibility index (Phi) is 9.65. The van der Waals surface area contributed by atoms with Crippen molar-refractivity contribution in [2.45, 2.75) is 44.9 Å². The molecule has 0 saturated carbocycles. The molecule has 218 valence electrons. The summed E-state index contributed by atoms with van der Waals surface area (Å²) in [5.41, 5.74) is 8.79. The van der Waals surface area contributed by atoms with Crippen LogP contribution in [0.1, 0.15) is 31.7 Å². The lowest BCUT2D eigenvalue weighted by molar-refractivity contribution is -0.119. The number of ether oxygens (including phenoxy) is 1. The summed E-state index contributed by atoms with van der Waals surface area (Å²) in [6.07, 6.45) is 3.27. The second-order valence-corrected chi connectivity index (χ2v) is 11.9. The molecule has 10 heteroatoms. The molecule has 0 aliphatic carbocycles. The molecular weight excluding hydrogens is 564 g/mol. The SMILES string of the molecule is CC(=O)NCC1CCN(Cc2cc(Oc3ccc(N4CCC(N)[C@H](F)C4)nc3)cc(-c3cc(Cl)cc(Cl)c3)c2)CC1. The average Bonchev–Trinajstić information content (AvgIpc) is 2.94. The molecule has 7 nitrogen and oxygen atoms in total.